The molecule has 0 saturated carbocycles. The summed E-state index contributed by atoms with van der Waals surface area (Å²) in [6.07, 6.45) is 0. The standard InChI is InChI=1S/C26H24N6OS/c1-31(2)26-27-22-20-19(17-9-5-3-6-10-17)21(18-11-7-4-8-12-18)29-30-25(20)34-23(22)24(28-26)32-13-15-33-16-14-32/h3-12H,13-16H2,1-2H3. The van der Waals surface area contributed by atoms with Gasteiger partial charge in [-0.1, -0.05) is 60.7 Å². The summed E-state index contributed by atoms with van der Waals surface area (Å²) in [7, 11) is 3.96. The molecule has 0 spiro atoms. The molecule has 0 atom stereocenters. The molecule has 170 valence electrons. The van der Waals surface area contributed by atoms with Gasteiger partial charge in [0.25, 0.3) is 0 Å². The third kappa shape index (κ3) is 3.55. The van der Waals surface area contributed by atoms with Crippen LogP contribution in [-0.2, 0) is 4.74 Å². The van der Waals surface area contributed by atoms with Crippen molar-refractivity contribution in [3.63, 3.8) is 0 Å². The van der Waals surface area contributed by atoms with Crippen LogP contribution < -0.4 is 9.80 Å². The third-order valence-corrected chi connectivity index (χ3v) is 7.09. The number of ether oxygens (including phenoxy) is 1. The van der Waals surface area contributed by atoms with Crippen molar-refractivity contribution in [2.75, 3.05) is 50.2 Å². The van der Waals surface area contributed by atoms with E-state index in [0.717, 1.165) is 61.7 Å². The largest absolute Gasteiger partial charge is 0.378 e. The number of hydrogen-bond acceptors (Lipinski definition) is 8. The Labute approximate surface area is 201 Å². The van der Waals surface area contributed by atoms with Crippen LogP contribution in [0.3, 0.4) is 0 Å². The average Bonchev–Trinajstić information content (AvgIpc) is 3.28. The molecule has 2 aromatic carbocycles. The highest BCUT2D eigenvalue weighted by atomic mass is 32.1. The molecule has 3 aromatic heterocycles. The van der Waals surface area contributed by atoms with Crippen molar-refractivity contribution in [2.45, 2.75) is 0 Å². The Balaban J connectivity index is 1.72. The van der Waals surface area contributed by atoms with E-state index >= 15 is 0 Å². The zero-order valence-electron chi connectivity index (χ0n) is 19.1. The minimum atomic E-state index is 0.686. The predicted octanol–water partition coefficient (Wildman–Crippen LogP) is 4.87. The Morgan fingerprint density at radius 1 is 0.853 bits per heavy atom. The van der Waals surface area contributed by atoms with E-state index in [1.807, 2.05) is 43.3 Å². The molecule has 0 aliphatic carbocycles. The SMILES string of the molecule is CN(C)c1nc(N2CCOCC2)c2sc3nnc(-c4ccccc4)c(-c4ccccc4)c3c2n1. The highest BCUT2D eigenvalue weighted by Gasteiger charge is 2.25. The predicted molar refractivity (Wildman–Crippen MR) is 139 cm³/mol. The number of anilines is 2. The molecule has 5 aromatic rings. The van der Waals surface area contributed by atoms with Crippen LogP contribution in [0.5, 0.6) is 0 Å². The summed E-state index contributed by atoms with van der Waals surface area (Å²) in [5.41, 5.74) is 4.96. The van der Waals surface area contributed by atoms with Gasteiger partial charge in [0.15, 0.2) is 5.82 Å². The third-order valence-electron chi connectivity index (χ3n) is 6.03. The van der Waals surface area contributed by atoms with Gasteiger partial charge in [-0.2, -0.15) is 4.98 Å². The summed E-state index contributed by atoms with van der Waals surface area (Å²) < 4.78 is 6.64. The maximum Gasteiger partial charge on any atom is 0.227 e. The van der Waals surface area contributed by atoms with Crippen LogP contribution in [0.25, 0.3) is 42.8 Å². The fraction of sp³-hybridized carbons (Fsp3) is 0.231. The molecule has 7 nitrogen and oxygen atoms in total. The fourth-order valence-corrected chi connectivity index (χ4v) is 5.46. The lowest BCUT2D eigenvalue weighted by Crippen LogP contribution is -2.37. The fourth-order valence-electron chi connectivity index (χ4n) is 4.37. The molecule has 6 rings (SSSR count). The summed E-state index contributed by atoms with van der Waals surface area (Å²) in [5, 5.41) is 10.4. The maximum atomic E-state index is 5.60. The number of rotatable bonds is 4. The van der Waals surface area contributed by atoms with Crippen molar-refractivity contribution in [3.05, 3.63) is 60.7 Å². The lowest BCUT2D eigenvalue weighted by Gasteiger charge is -2.28. The first-order valence-electron chi connectivity index (χ1n) is 11.3. The zero-order valence-corrected chi connectivity index (χ0v) is 19.9. The van der Waals surface area contributed by atoms with Gasteiger partial charge >= 0.3 is 0 Å². The second-order valence-corrected chi connectivity index (χ2v) is 9.46. The van der Waals surface area contributed by atoms with Gasteiger partial charge in [0.1, 0.15) is 10.5 Å². The minimum absolute atomic E-state index is 0.686. The van der Waals surface area contributed by atoms with Crippen molar-refractivity contribution in [1.82, 2.24) is 20.2 Å². The minimum Gasteiger partial charge on any atom is -0.378 e. The molecule has 0 unspecified atom stereocenters. The Kier molecular flexibility index (Phi) is 5.31. The van der Waals surface area contributed by atoms with Gasteiger partial charge in [-0.3, -0.25) is 0 Å². The zero-order chi connectivity index (χ0) is 23.1. The van der Waals surface area contributed by atoms with Crippen LogP contribution in [0.15, 0.2) is 60.7 Å². The second kappa shape index (κ2) is 8.62. The van der Waals surface area contributed by atoms with Gasteiger partial charge in [0.05, 0.1) is 23.4 Å². The van der Waals surface area contributed by atoms with E-state index in [1.165, 1.54) is 0 Å². The van der Waals surface area contributed by atoms with Crippen molar-refractivity contribution < 1.29 is 4.74 Å². The topological polar surface area (TPSA) is 67.3 Å². The lowest BCUT2D eigenvalue weighted by molar-refractivity contribution is 0.122. The highest BCUT2D eigenvalue weighted by molar-refractivity contribution is 7.26. The molecular formula is C26H24N6OS. The summed E-state index contributed by atoms with van der Waals surface area (Å²) in [4.78, 5) is 15.1. The van der Waals surface area contributed by atoms with Crippen LogP contribution in [0.2, 0.25) is 0 Å². The smallest absolute Gasteiger partial charge is 0.227 e. The molecule has 0 radical (unpaired) electrons. The van der Waals surface area contributed by atoms with Crippen molar-refractivity contribution in [3.8, 4) is 22.4 Å². The molecule has 1 aliphatic heterocycles. The van der Waals surface area contributed by atoms with Crippen LogP contribution >= 0.6 is 11.3 Å². The normalized spacial score (nSPS) is 14.1. The second-order valence-electron chi connectivity index (χ2n) is 8.46. The Hall–Kier alpha value is -3.62. The molecule has 0 bridgehead atoms. The number of fused-ring (bicyclic) bond motifs is 3. The molecule has 1 aliphatic rings. The Morgan fingerprint density at radius 3 is 2.21 bits per heavy atom. The quantitative estimate of drug-likeness (QED) is 0.373. The van der Waals surface area contributed by atoms with Crippen LogP contribution in [0.4, 0.5) is 11.8 Å². The van der Waals surface area contributed by atoms with E-state index in [9.17, 15) is 0 Å². The van der Waals surface area contributed by atoms with Gasteiger partial charge < -0.3 is 14.5 Å². The molecule has 8 heteroatoms. The summed E-state index contributed by atoms with van der Waals surface area (Å²) in [6, 6.07) is 20.7. The highest BCUT2D eigenvalue weighted by Crippen LogP contribution is 2.44. The van der Waals surface area contributed by atoms with Gasteiger partial charge in [-0.25, -0.2) is 4.98 Å². The first-order chi connectivity index (χ1) is 16.7. The molecular weight excluding hydrogens is 444 g/mol. The number of thiophene rings is 1. The van der Waals surface area contributed by atoms with Crippen molar-refractivity contribution in [1.29, 1.82) is 0 Å². The van der Waals surface area contributed by atoms with E-state index in [1.54, 1.807) is 11.3 Å². The molecule has 1 fully saturated rings. The van der Waals surface area contributed by atoms with E-state index in [0.29, 0.717) is 19.2 Å². The van der Waals surface area contributed by atoms with Crippen LogP contribution in [-0.4, -0.2) is 60.6 Å². The van der Waals surface area contributed by atoms with Gasteiger partial charge in [-0.05, 0) is 5.56 Å². The lowest BCUT2D eigenvalue weighted by atomic mass is 9.97. The number of benzene rings is 2. The summed E-state index contributed by atoms with van der Waals surface area (Å²) in [5.74, 6) is 1.63. The van der Waals surface area contributed by atoms with Crippen LogP contribution in [0.1, 0.15) is 0 Å². The molecule has 34 heavy (non-hydrogen) atoms. The van der Waals surface area contributed by atoms with E-state index in [4.69, 9.17) is 19.8 Å². The van der Waals surface area contributed by atoms with E-state index < -0.39 is 0 Å². The molecule has 1 saturated heterocycles. The maximum absolute atomic E-state index is 5.60. The van der Waals surface area contributed by atoms with Crippen LogP contribution in [0, 0.1) is 0 Å². The van der Waals surface area contributed by atoms with Gasteiger partial charge in [-0.15, -0.1) is 21.5 Å². The molecule has 0 N–H and O–H groups in total. The number of hydrogen-bond donors (Lipinski definition) is 0. The van der Waals surface area contributed by atoms with E-state index in [2.05, 4.69) is 46.4 Å². The monoisotopic (exact) mass is 468 g/mol. The van der Waals surface area contributed by atoms with Crippen molar-refractivity contribution >= 4 is 43.5 Å². The molecule has 0 amide bonds. The van der Waals surface area contributed by atoms with E-state index in [-0.39, 0.29) is 0 Å². The van der Waals surface area contributed by atoms with Gasteiger partial charge in [0, 0.05) is 43.7 Å². The average molecular weight is 469 g/mol. The number of aromatic nitrogens is 4. The first-order valence-corrected chi connectivity index (χ1v) is 12.1. The van der Waals surface area contributed by atoms with Gasteiger partial charge in [0.2, 0.25) is 5.95 Å². The summed E-state index contributed by atoms with van der Waals surface area (Å²) >= 11 is 1.62. The molecule has 4 heterocycles. The summed E-state index contributed by atoms with van der Waals surface area (Å²) in [6.45, 7) is 3.00. The first kappa shape index (κ1) is 20.9. The number of nitrogens with zero attached hydrogens (tertiary/aromatic N) is 6. The Bertz CT molecular complexity index is 1460. The number of morpholine rings is 1. The van der Waals surface area contributed by atoms with Crippen molar-refractivity contribution in [2.24, 2.45) is 0 Å². The Morgan fingerprint density at radius 2 is 1.53 bits per heavy atom.